The normalized spacial score (nSPS) is 15.7. The van der Waals surface area contributed by atoms with Crippen molar-refractivity contribution in [3.8, 4) is 0 Å². The van der Waals surface area contributed by atoms with Crippen LogP contribution in [0.15, 0.2) is 22.9 Å². The van der Waals surface area contributed by atoms with Crippen molar-refractivity contribution < 1.29 is 14.7 Å². The summed E-state index contributed by atoms with van der Waals surface area (Å²) in [6, 6.07) is 3.92. The Morgan fingerprint density at radius 2 is 2.33 bits per heavy atom. The van der Waals surface area contributed by atoms with E-state index in [0.29, 0.717) is 18.7 Å². The highest BCUT2D eigenvalue weighted by Crippen LogP contribution is 2.30. The number of hydrogen-bond donors (Lipinski definition) is 1. The van der Waals surface area contributed by atoms with Crippen molar-refractivity contribution in [3.63, 3.8) is 0 Å². The molecule has 1 amide bonds. The van der Waals surface area contributed by atoms with Gasteiger partial charge in [-0.2, -0.15) is 0 Å². The monoisotopic (exact) mass is 283 g/mol. The molecule has 2 rings (SSSR count). The molecule has 0 saturated heterocycles. The molecule has 4 nitrogen and oxygen atoms in total. The molecule has 1 N–H and O–H groups in total. The Morgan fingerprint density at radius 3 is 3.00 bits per heavy atom. The van der Waals surface area contributed by atoms with Crippen LogP contribution < -0.4 is 0 Å². The number of carboxylic acid groups (broad SMARTS) is 1. The van der Waals surface area contributed by atoms with Crippen molar-refractivity contribution in [1.29, 1.82) is 0 Å². The van der Waals surface area contributed by atoms with Crippen molar-refractivity contribution in [1.82, 2.24) is 4.90 Å². The van der Waals surface area contributed by atoms with Crippen LogP contribution in [0.2, 0.25) is 0 Å². The first-order valence-corrected chi connectivity index (χ1v) is 7.49. The van der Waals surface area contributed by atoms with Gasteiger partial charge in [0.15, 0.2) is 0 Å². The molecule has 0 unspecified atom stereocenters. The third kappa shape index (κ3) is 3.14. The molecule has 6 heteroatoms. The lowest BCUT2D eigenvalue weighted by molar-refractivity contribution is -0.137. The summed E-state index contributed by atoms with van der Waals surface area (Å²) < 4.78 is 0. The quantitative estimate of drug-likeness (QED) is 0.902. The smallest absolute Gasteiger partial charge is 0.303 e. The first-order valence-electron chi connectivity index (χ1n) is 5.56. The van der Waals surface area contributed by atoms with E-state index in [1.54, 1.807) is 16.2 Å². The van der Waals surface area contributed by atoms with Gasteiger partial charge in [0.1, 0.15) is 0 Å². The van der Waals surface area contributed by atoms with Gasteiger partial charge in [0.05, 0.1) is 16.3 Å². The first kappa shape index (κ1) is 13.2. The number of nitrogens with zero attached hydrogens (tertiary/aromatic N) is 1. The molecule has 0 spiro atoms. The van der Waals surface area contributed by atoms with E-state index in [0.717, 1.165) is 10.6 Å². The molecule has 1 aromatic heterocycles. The van der Waals surface area contributed by atoms with E-state index in [4.69, 9.17) is 5.11 Å². The lowest BCUT2D eigenvalue weighted by Gasteiger charge is -2.27. The molecule has 0 aromatic carbocycles. The Hall–Kier alpha value is -1.27. The predicted molar refractivity (Wildman–Crippen MR) is 73.3 cm³/mol. The Labute approximate surface area is 113 Å². The van der Waals surface area contributed by atoms with Gasteiger partial charge in [-0.25, -0.2) is 0 Å². The lowest BCUT2D eigenvalue weighted by atomic mass is 10.2. The highest BCUT2D eigenvalue weighted by atomic mass is 32.2. The zero-order valence-corrected chi connectivity index (χ0v) is 11.3. The lowest BCUT2D eigenvalue weighted by Crippen LogP contribution is -2.33. The zero-order chi connectivity index (χ0) is 13.0. The number of carbonyl (C=O) groups is 2. The number of carbonyl (C=O) groups excluding carboxylic acids is 1. The average molecular weight is 283 g/mol. The highest BCUT2D eigenvalue weighted by Gasteiger charge is 2.23. The summed E-state index contributed by atoms with van der Waals surface area (Å²) in [6.07, 6.45) is 0.573. The van der Waals surface area contributed by atoms with Crippen LogP contribution >= 0.6 is 23.1 Å². The fourth-order valence-corrected chi connectivity index (χ4v) is 3.34. The topological polar surface area (TPSA) is 57.6 Å². The minimum atomic E-state index is -0.824. The number of thioether (sulfide) groups is 1. The number of carboxylic acids is 1. The summed E-state index contributed by atoms with van der Waals surface area (Å²) in [5, 5.41) is 12.6. The minimum Gasteiger partial charge on any atom is -0.481 e. The molecule has 0 aliphatic carbocycles. The van der Waals surface area contributed by atoms with Crippen LogP contribution in [0.25, 0.3) is 5.70 Å². The van der Waals surface area contributed by atoms with Gasteiger partial charge >= 0.3 is 5.97 Å². The molecule has 0 bridgehead atoms. The average Bonchev–Trinajstić information content (AvgIpc) is 2.84. The molecule has 0 fully saturated rings. The maximum atomic E-state index is 11.9. The Bertz CT molecular complexity index is 468. The second-order valence-electron chi connectivity index (χ2n) is 3.83. The Kier molecular flexibility index (Phi) is 4.43. The van der Waals surface area contributed by atoms with Crippen LogP contribution in [-0.2, 0) is 9.59 Å². The van der Waals surface area contributed by atoms with Crippen molar-refractivity contribution in [2.24, 2.45) is 0 Å². The minimum absolute atomic E-state index is 0.0521. The van der Waals surface area contributed by atoms with Crippen LogP contribution in [0.5, 0.6) is 0 Å². The summed E-state index contributed by atoms with van der Waals surface area (Å²) in [5.74, 6) is -0.339. The second kappa shape index (κ2) is 6.06. The maximum absolute atomic E-state index is 11.9. The fourth-order valence-electron chi connectivity index (χ4n) is 1.72. The van der Waals surface area contributed by atoms with E-state index in [1.807, 2.05) is 22.9 Å². The number of hydrogen-bond acceptors (Lipinski definition) is 4. The first-order chi connectivity index (χ1) is 8.68. The molecular formula is C12H13NO3S2. The molecule has 0 atom stereocenters. The van der Waals surface area contributed by atoms with Gasteiger partial charge in [-0.1, -0.05) is 6.07 Å². The van der Waals surface area contributed by atoms with E-state index in [1.165, 1.54) is 11.8 Å². The van der Waals surface area contributed by atoms with Gasteiger partial charge in [0, 0.05) is 13.0 Å². The summed E-state index contributed by atoms with van der Waals surface area (Å²) in [5.41, 5.74) is 0.900. The molecule has 1 aliphatic heterocycles. The number of thiophene rings is 1. The third-order valence-corrected chi connectivity index (χ3v) is 4.24. The standard InChI is InChI=1S/C12H13NO3S2/c14-11-8-17-7-9(10-3-2-6-18-10)13(11)5-1-4-12(15)16/h2-3,6-7H,1,4-5,8H2,(H,15,16). The van der Waals surface area contributed by atoms with Crippen LogP contribution in [0.3, 0.4) is 0 Å². The molecular weight excluding hydrogens is 270 g/mol. The number of amides is 1. The van der Waals surface area contributed by atoms with Crippen molar-refractivity contribution in [2.75, 3.05) is 12.3 Å². The molecule has 18 heavy (non-hydrogen) atoms. The third-order valence-electron chi connectivity index (χ3n) is 2.54. The number of rotatable bonds is 5. The summed E-state index contributed by atoms with van der Waals surface area (Å²) in [6.45, 7) is 0.468. The van der Waals surface area contributed by atoms with E-state index in [-0.39, 0.29) is 12.3 Å². The summed E-state index contributed by atoms with van der Waals surface area (Å²) in [7, 11) is 0. The molecule has 2 heterocycles. The van der Waals surface area contributed by atoms with Gasteiger partial charge in [0.2, 0.25) is 5.91 Å². The van der Waals surface area contributed by atoms with Crippen molar-refractivity contribution in [3.05, 3.63) is 27.8 Å². The molecule has 0 saturated carbocycles. The van der Waals surface area contributed by atoms with E-state index in [2.05, 4.69) is 0 Å². The van der Waals surface area contributed by atoms with Crippen molar-refractivity contribution in [2.45, 2.75) is 12.8 Å². The molecule has 96 valence electrons. The predicted octanol–water partition coefficient (Wildman–Crippen LogP) is 2.49. The van der Waals surface area contributed by atoms with Gasteiger partial charge in [-0.3, -0.25) is 9.59 Å². The molecule has 1 aromatic rings. The zero-order valence-electron chi connectivity index (χ0n) is 9.67. The van der Waals surface area contributed by atoms with E-state index in [9.17, 15) is 9.59 Å². The van der Waals surface area contributed by atoms with Crippen LogP contribution in [0.4, 0.5) is 0 Å². The van der Waals surface area contributed by atoms with E-state index >= 15 is 0 Å². The van der Waals surface area contributed by atoms with Crippen LogP contribution in [0.1, 0.15) is 17.7 Å². The summed E-state index contributed by atoms with van der Waals surface area (Å²) in [4.78, 5) is 25.2. The van der Waals surface area contributed by atoms with Gasteiger partial charge < -0.3 is 10.0 Å². The maximum Gasteiger partial charge on any atom is 0.303 e. The molecule has 0 radical (unpaired) electrons. The van der Waals surface area contributed by atoms with Crippen LogP contribution in [0, 0.1) is 0 Å². The second-order valence-corrected chi connectivity index (χ2v) is 5.64. The van der Waals surface area contributed by atoms with Crippen molar-refractivity contribution >= 4 is 40.7 Å². The number of aliphatic carboxylic acids is 1. The van der Waals surface area contributed by atoms with Gasteiger partial charge in [-0.15, -0.1) is 23.1 Å². The highest BCUT2D eigenvalue weighted by molar-refractivity contribution is 8.03. The largest absolute Gasteiger partial charge is 0.481 e. The fraction of sp³-hybridized carbons (Fsp3) is 0.333. The SMILES string of the molecule is O=C(O)CCCN1C(=O)CSC=C1c1cccs1. The Morgan fingerprint density at radius 1 is 1.50 bits per heavy atom. The van der Waals surface area contributed by atoms with Gasteiger partial charge in [-0.05, 0) is 23.3 Å². The summed E-state index contributed by atoms with van der Waals surface area (Å²) >= 11 is 3.07. The van der Waals surface area contributed by atoms with E-state index < -0.39 is 5.97 Å². The Balaban J connectivity index is 2.08. The molecule has 1 aliphatic rings. The van der Waals surface area contributed by atoms with Gasteiger partial charge in [0.25, 0.3) is 0 Å². The van der Waals surface area contributed by atoms with Crippen LogP contribution in [-0.4, -0.2) is 34.2 Å².